The highest BCUT2D eigenvalue weighted by Gasteiger charge is 2.66. The largest absolute Gasteiger partial charge is 0.271 e. The molecule has 2 heteroatoms. The monoisotopic (exact) mass is 198 g/mol. The first kappa shape index (κ1) is 12.0. The van der Waals surface area contributed by atoms with Crippen molar-refractivity contribution in [2.45, 2.75) is 59.9 Å². The minimum Gasteiger partial charge on any atom is -0.271 e. The molecular weight excluding hydrogens is 172 g/mol. The van der Waals surface area contributed by atoms with Gasteiger partial charge in [0.25, 0.3) is 0 Å². The maximum absolute atomic E-state index is 5.65. The van der Waals surface area contributed by atoms with Crippen molar-refractivity contribution in [1.82, 2.24) is 5.43 Å². The quantitative estimate of drug-likeness (QED) is 0.526. The Hall–Kier alpha value is -0.0800. The van der Waals surface area contributed by atoms with Crippen molar-refractivity contribution in [3.8, 4) is 0 Å². The van der Waals surface area contributed by atoms with E-state index in [4.69, 9.17) is 5.84 Å². The van der Waals surface area contributed by atoms with Gasteiger partial charge in [-0.25, -0.2) is 0 Å². The fourth-order valence-electron chi connectivity index (χ4n) is 3.02. The summed E-state index contributed by atoms with van der Waals surface area (Å²) in [5.74, 6) is 6.37. The molecule has 0 radical (unpaired) electrons. The maximum atomic E-state index is 5.65. The molecule has 0 aromatic carbocycles. The molecule has 0 aromatic heterocycles. The van der Waals surface area contributed by atoms with E-state index in [1.165, 1.54) is 19.3 Å². The van der Waals surface area contributed by atoms with Crippen LogP contribution < -0.4 is 11.3 Å². The van der Waals surface area contributed by atoms with Gasteiger partial charge in [-0.2, -0.15) is 0 Å². The number of hydrazine groups is 1. The Balaban J connectivity index is 2.56. The average Bonchev–Trinajstić information content (AvgIpc) is 2.48. The van der Waals surface area contributed by atoms with Crippen LogP contribution in [0.1, 0.15) is 53.9 Å². The molecule has 1 fully saturated rings. The molecule has 0 bridgehead atoms. The number of nitrogens with one attached hydrogen (secondary N) is 1. The molecule has 0 heterocycles. The third-order valence-corrected chi connectivity index (χ3v) is 4.62. The molecule has 0 amide bonds. The first-order valence-corrected chi connectivity index (χ1v) is 5.85. The minimum atomic E-state index is 0.442. The highest BCUT2D eigenvalue weighted by Crippen LogP contribution is 2.69. The highest BCUT2D eigenvalue weighted by molar-refractivity contribution is 5.15. The average molecular weight is 198 g/mol. The molecule has 1 aliphatic carbocycles. The van der Waals surface area contributed by atoms with Crippen molar-refractivity contribution in [3.63, 3.8) is 0 Å². The molecule has 0 saturated heterocycles. The van der Waals surface area contributed by atoms with Gasteiger partial charge in [0.15, 0.2) is 0 Å². The van der Waals surface area contributed by atoms with Crippen LogP contribution in [0.2, 0.25) is 0 Å². The third kappa shape index (κ3) is 1.70. The molecule has 1 atom stereocenters. The molecule has 1 unspecified atom stereocenters. The predicted octanol–water partition coefficient (Wildman–Crippen LogP) is 2.69. The van der Waals surface area contributed by atoms with Crippen LogP contribution in [0.15, 0.2) is 0 Å². The van der Waals surface area contributed by atoms with E-state index >= 15 is 0 Å². The Kier molecular flexibility index (Phi) is 3.27. The Morgan fingerprint density at radius 2 is 1.71 bits per heavy atom. The van der Waals surface area contributed by atoms with Crippen LogP contribution >= 0.6 is 0 Å². The molecular formula is C12H26N2. The van der Waals surface area contributed by atoms with E-state index in [1.54, 1.807) is 0 Å². The van der Waals surface area contributed by atoms with Gasteiger partial charge in [0.1, 0.15) is 0 Å². The molecule has 1 rings (SSSR count). The van der Waals surface area contributed by atoms with Gasteiger partial charge in [0.05, 0.1) is 0 Å². The Labute approximate surface area is 88.6 Å². The summed E-state index contributed by atoms with van der Waals surface area (Å²) < 4.78 is 0. The van der Waals surface area contributed by atoms with Gasteiger partial charge < -0.3 is 0 Å². The van der Waals surface area contributed by atoms with Crippen LogP contribution in [-0.4, -0.2) is 6.04 Å². The van der Waals surface area contributed by atoms with Crippen molar-refractivity contribution in [1.29, 1.82) is 0 Å². The van der Waals surface area contributed by atoms with Gasteiger partial charge in [-0.15, -0.1) is 0 Å². The summed E-state index contributed by atoms with van der Waals surface area (Å²) in [6.45, 7) is 11.7. The fourth-order valence-corrected chi connectivity index (χ4v) is 3.02. The van der Waals surface area contributed by atoms with Crippen LogP contribution in [-0.2, 0) is 0 Å². The molecule has 0 aromatic rings. The topological polar surface area (TPSA) is 38.0 Å². The molecule has 1 saturated carbocycles. The summed E-state index contributed by atoms with van der Waals surface area (Å²) in [7, 11) is 0. The van der Waals surface area contributed by atoms with Gasteiger partial charge in [0.2, 0.25) is 0 Å². The predicted molar refractivity (Wildman–Crippen MR) is 61.7 cm³/mol. The fraction of sp³-hybridized carbons (Fsp3) is 1.00. The van der Waals surface area contributed by atoms with E-state index in [2.05, 4.69) is 40.0 Å². The minimum absolute atomic E-state index is 0.442. The molecule has 0 aliphatic heterocycles. The summed E-state index contributed by atoms with van der Waals surface area (Å²) in [5, 5.41) is 0. The molecule has 14 heavy (non-hydrogen) atoms. The van der Waals surface area contributed by atoms with E-state index in [0.717, 1.165) is 5.92 Å². The van der Waals surface area contributed by atoms with Gasteiger partial charge in [-0.3, -0.25) is 11.3 Å². The zero-order valence-electron chi connectivity index (χ0n) is 10.4. The molecule has 1 aliphatic rings. The molecule has 0 spiro atoms. The molecule has 84 valence electrons. The Morgan fingerprint density at radius 3 is 2.00 bits per heavy atom. The number of unbranched alkanes of at least 4 members (excludes halogenated alkanes) is 1. The molecule has 3 N–H and O–H groups in total. The second-order valence-corrected chi connectivity index (χ2v) is 5.84. The van der Waals surface area contributed by atoms with Crippen molar-refractivity contribution in [2.75, 3.05) is 0 Å². The van der Waals surface area contributed by atoms with Gasteiger partial charge in [-0.1, -0.05) is 47.5 Å². The maximum Gasteiger partial charge on any atom is 0.0249 e. The lowest BCUT2D eigenvalue weighted by atomic mass is 10.00. The number of nitrogens with two attached hydrogens (primary N) is 1. The lowest BCUT2D eigenvalue weighted by Gasteiger charge is -2.17. The van der Waals surface area contributed by atoms with Crippen molar-refractivity contribution < 1.29 is 0 Å². The SMILES string of the molecule is CCCCC(NN)C1C(C)(C)C1(C)C. The zero-order chi connectivity index (χ0) is 11.0. The third-order valence-electron chi connectivity index (χ3n) is 4.62. The normalized spacial score (nSPS) is 26.1. The summed E-state index contributed by atoms with van der Waals surface area (Å²) in [5.41, 5.74) is 3.89. The van der Waals surface area contributed by atoms with Gasteiger partial charge in [-0.05, 0) is 23.2 Å². The van der Waals surface area contributed by atoms with E-state index in [1.807, 2.05) is 0 Å². The van der Waals surface area contributed by atoms with Gasteiger partial charge >= 0.3 is 0 Å². The van der Waals surface area contributed by atoms with E-state index in [-0.39, 0.29) is 0 Å². The lowest BCUT2D eigenvalue weighted by Crippen LogP contribution is -2.38. The van der Waals surface area contributed by atoms with Crippen LogP contribution in [0, 0.1) is 16.7 Å². The van der Waals surface area contributed by atoms with Crippen LogP contribution in [0.25, 0.3) is 0 Å². The van der Waals surface area contributed by atoms with Crippen LogP contribution in [0.3, 0.4) is 0 Å². The first-order valence-electron chi connectivity index (χ1n) is 5.85. The van der Waals surface area contributed by atoms with E-state index < -0.39 is 0 Å². The lowest BCUT2D eigenvalue weighted by molar-refractivity contribution is 0.374. The van der Waals surface area contributed by atoms with Gasteiger partial charge in [0, 0.05) is 6.04 Å². The summed E-state index contributed by atoms with van der Waals surface area (Å²) >= 11 is 0. The first-order chi connectivity index (χ1) is 6.39. The number of hydrogen-bond acceptors (Lipinski definition) is 2. The van der Waals surface area contributed by atoms with Crippen LogP contribution in [0.4, 0.5) is 0 Å². The zero-order valence-corrected chi connectivity index (χ0v) is 10.4. The Bertz CT molecular complexity index is 182. The van der Waals surface area contributed by atoms with Crippen molar-refractivity contribution >= 4 is 0 Å². The van der Waals surface area contributed by atoms with E-state index in [9.17, 15) is 0 Å². The van der Waals surface area contributed by atoms with Crippen LogP contribution in [0.5, 0.6) is 0 Å². The number of rotatable bonds is 5. The smallest absolute Gasteiger partial charge is 0.0249 e. The standard InChI is InChI=1S/C12H26N2/c1-6-7-8-9(14-13)10-11(2,3)12(10,4)5/h9-10,14H,6-8,13H2,1-5H3. The number of hydrogen-bond donors (Lipinski definition) is 2. The molecule has 2 nitrogen and oxygen atoms in total. The highest BCUT2D eigenvalue weighted by atomic mass is 15.2. The summed E-state index contributed by atoms with van der Waals surface area (Å²) in [6, 6.07) is 0.500. The second kappa shape index (κ2) is 3.82. The Morgan fingerprint density at radius 1 is 1.21 bits per heavy atom. The van der Waals surface area contributed by atoms with Crippen molar-refractivity contribution in [2.24, 2.45) is 22.6 Å². The summed E-state index contributed by atoms with van der Waals surface area (Å²) in [4.78, 5) is 0. The second-order valence-electron chi connectivity index (χ2n) is 5.84. The van der Waals surface area contributed by atoms with Crippen molar-refractivity contribution in [3.05, 3.63) is 0 Å². The summed E-state index contributed by atoms with van der Waals surface area (Å²) in [6.07, 6.45) is 3.74. The van der Waals surface area contributed by atoms with E-state index in [0.29, 0.717) is 16.9 Å².